The van der Waals surface area contributed by atoms with Crippen molar-refractivity contribution < 1.29 is 32.4 Å². The number of sulfonamides is 1. The summed E-state index contributed by atoms with van der Waals surface area (Å²) in [6, 6.07) is 6.96. The van der Waals surface area contributed by atoms with Crippen molar-refractivity contribution in [1.29, 1.82) is 0 Å². The first-order valence-corrected chi connectivity index (χ1v) is 9.17. The number of nitro benzene ring substituents is 1. The van der Waals surface area contributed by atoms with Crippen LogP contribution in [0.15, 0.2) is 41.3 Å². The van der Waals surface area contributed by atoms with Gasteiger partial charge in [-0.2, -0.15) is 0 Å². The highest BCUT2D eigenvalue weighted by molar-refractivity contribution is 7.92. The molecule has 0 spiro atoms. The number of carbonyl (C=O) groups is 2. The summed E-state index contributed by atoms with van der Waals surface area (Å²) in [5, 5.41) is 11.0. The maximum atomic E-state index is 12.8. The zero-order valence-corrected chi connectivity index (χ0v) is 15.9. The molecule has 0 saturated heterocycles. The second-order valence-corrected chi connectivity index (χ2v) is 7.21. The van der Waals surface area contributed by atoms with Crippen LogP contribution in [0.5, 0.6) is 0 Å². The summed E-state index contributed by atoms with van der Waals surface area (Å²) in [7, 11) is -2.07. The Morgan fingerprint density at radius 1 is 1.04 bits per heavy atom. The Labute approximate surface area is 160 Å². The summed E-state index contributed by atoms with van der Waals surface area (Å²) in [6.45, 7) is 1.46. The van der Waals surface area contributed by atoms with Crippen LogP contribution >= 0.6 is 0 Å². The molecule has 0 bridgehead atoms. The molecule has 0 radical (unpaired) electrons. The van der Waals surface area contributed by atoms with E-state index < -0.39 is 32.6 Å². The SMILES string of the molecule is COC(=O)c1ccc(C(=O)OC)c(NS(=O)(=O)c2cc([N+](=O)[O-])ccc2C)c1. The Balaban J connectivity index is 2.59. The molecule has 11 heteroatoms. The van der Waals surface area contributed by atoms with Gasteiger partial charge in [0.2, 0.25) is 0 Å². The number of rotatable bonds is 6. The smallest absolute Gasteiger partial charge is 0.339 e. The molecular weight excluding hydrogens is 392 g/mol. The predicted octanol–water partition coefficient (Wildman–Crippen LogP) is 2.28. The lowest BCUT2D eigenvalue weighted by atomic mass is 10.1. The van der Waals surface area contributed by atoms with Crippen LogP contribution in [0, 0.1) is 17.0 Å². The molecule has 1 N–H and O–H groups in total. The number of nitro groups is 1. The Hall–Kier alpha value is -3.47. The first-order chi connectivity index (χ1) is 13.1. The summed E-state index contributed by atoms with van der Waals surface area (Å²) in [6.07, 6.45) is 0. The quantitative estimate of drug-likeness (QED) is 0.436. The molecule has 0 saturated carbocycles. The number of aryl methyl sites for hydroxylation is 1. The summed E-state index contributed by atoms with van der Waals surface area (Å²) in [5.41, 5.74) is -0.560. The number of nitrogens with zero attached hydrogens (tertiary/aromatic N) is 1. The van der Waals surface area contributed by atoms with E-state index in [1.54, 1.807) is 0 Å². The third kappa shape index (κ3) is 4.26. The number of non-ortho nitro benzene ring substituents is 1. The number of hydrogen-bond donors (Lipinski definition) is 1. The molecule has 0 aliphatic heterocycles. The van der Waals surface area contributed by atoms with E-state index in [1.807, 2.05) is 0 Å². The number of nitrogens with one attached hydrogen (secondary N) is 1. The van der Waals surface area contributed by atoms with E-state index in [-0.39, 0.29) is 27.3 Å². The highest BCUT2D eigenvalue weighted by atomic mass is 32.2. The number of esters is 2. The molecule has 0 atom stereocenters. The van der Waals surface area contributed by atoms with E-state index in [1.165, 1.54) is 31.2 Å². The van der Waals surface area contributed by atoms with E-state index in [4.69, 9.17) is 0 Å². The molecule has 2 rings (SSSR count). The molecule has 28 heavy (non-hydrogen) atoms. The van der Waals surface area contributed by atoms with Gasteiger partial charge in [-0.3, -0.25) is 14.8 Å². The fourth-order valence-electron chi connectivity index (χ4n) is 2.35. The molecule has 0 amide bonds. The number of hydrogen-bond acceptors (Lipinski definition) is 8. The lowest BCUT2D eigenvalue weighted by Crippen LogP contribution is -2.18. The maximum Gasteiger partial charge on any atom is 0.339 e. The van der Waals surface area contributed by atoms with Crippen LogP contribution in [0.4, 0.5) is 11.4 Å². The molecule has 2 aromatic rings. The van der Waals surface area contributed by atoms with E-state index in [0.717, 1.165) is 26.4 Å². The van der Waals surface area contributed by atoms with Crippen LogP contribution in [0.2, 0.25) is 0 Å². The first kappa shape index (κ1) is 20.8. The molecule has 0 heterocycles. The number of anilines is 1. The van der Waals surface area contributed by atoms with Gasteiger partial charge in [0.15, 0.2) is 0 Å². The van der Waals surface area contributed by atoms with E-state index in [9.17, 15) is 28.1 Å². The highest BCUT2D eigenvalue weighted by Crippen LogP contribution is 2.27. The molecule has 10 nitrogen and oxygen atoms in total. The lowest BCUT2D eigenvalue weighted by molar-refractivity contribution is -0.385. The zero-order chi connectivity index (χ0) is 21.1. The molecule has 0 aliphatic carbocycles. The Morgan fingerprint density at radius 2 is 1.68 bits per heavy atom. The topological polar surface area (TPSA) is 142 Å². The molecule has 0 aliphatic rings. The average molecular weight is 408 g/mol. The van der Waals surface area contributed by atoms with Crippen molar-refractivity contribution in [3.05, 3.63) is 63.2 Å². The largest absolute Gasteiger partial charge is 0.465 e. The number of ether oxygens (including phenoxy) is 2. The van der Waals surface area contributed by atoms with Gasteiger partial charge in [0, 0.05) is 12.1 Å². The molecule has 0 fully saturated rings. The van der Waals surface area contributed by atoms with Crippen LogP contribution in [0.1, 0.15) is 26.3 Å². The van der Waals surface area contributed by atoms with Crippen molar-refractivity contribution in [1.82, 2.24) is 0 Å². The summed E-state index contributed by atoms with van der Waals surface area (Å²) in [5.74, 6) is -1.59. The first-order valence-electron chi connectivity index (χ1n) is 7.69. The van der Waals surface area contributed by atoms with E-state index in [0.29, 0.717) is 0 Å². The van der Waals surface area contributed by atoms with Crippen LogP contribution < -0.4 is 4.72 Å². The monoisotopic (exact) mass is 408 g/mol. The second kappa shape index (κ2) is 8.05. The Kier molecular flexibility index (Phi) is 5.99. The summed E-state index contributed by atoms with van der Waals surface area (Å²) >= 11 is 0. The molecular formula is C17H16N2O8S. The zero-order valence-electron chi connectivity index (χ0n) is 15.1. The number of carbonyl (C=O) groups excluding carboxylic acids is 2. The van der Waals surface area contributed by atoms with Crippen LogP contribution in [0.3, 0.4) is 0 Å². The average Bonchev–Trinajstić information content (AvgIpc) is 2.66. The van der Waals surface area contributed by atoms with E-state index >= 15 is 0 Å². The lowest BCUT2D eigenvalue weighted by Gasteiger charge is -2.14. The van der Waals surface area contributed by atoms with Crippen LogP contribution in [-0.2, 0) is 19.5 Å². The summed E-state index contributed by atoms with van der Waals surface area (Å²) < 4.78 is 37.0. The standard InChI is InChI=1S/C17H16N2O8S/c1-10-4-6-12(19(22)23)9-15(10)28(24,25)18-14-8-11(16(20)26-2)5-7-13(14)17(21)27-3/h4-9,18H,1-3H3. The minimum Gasteiger partial charge on any atom is -0.465 e. The van der Waals surface area contributed by atoms with Gasteiger partial charge in [-0.25, -0.2) is 18.0 Å². The Morgan fingerprint density at radius 3 is 2.25 bits per heavy atom. The van der Waals surface area contributed by atoms with Crippen LogP contribution in [-0.4, -0.2) is 39.5 Å². The molecule has 2 aromatic carbocycles. The third-order valence-corrected chi connectivity index (χ3v) is 5.27. The molecule has 148 valence electrons. The second-order valence-electron chi connectivity index (χ2n) is 5.56. The third-order valence-electron chi connectivity index (χ3n) is 3.76. The highest BCUT2D eigenvalue weighted by Gasteiger charge is 2.24. The minimum atomic E-state index is -4.33. The van der Waals surface area contributed by atoms with Gasteiger partial charge in [-0.15, -0.1) is 0 Å². The fourth-order valence-corrected chi connectivity index (χ4v) is 3.69. The van der Waals surface area contributed by atoms with Gasteiger partial charge in [-0.05, 0) is 30.7 Å². The van der Waals surface area contributed by atoms with Crippen molar-refractivity contribution in [2.75, 3.05) is 18.9 Å². The normalized spacial score (nSPS) is 10.8. The van der Waals surface area contributed by atoms with Crippen molar-refractivity contribution in [2.45, 2.75) is 11.8 Å². The minimum absolute atomic E-state index is 0.0105. The van der Waals surface area contributed by atoms with Gasteiger partial charge in [0.05, 0.1) is 40.9 Å². The molecule has 0 unspecified atom stereocenters. The molecule has 0 aromatic heterocycles. The van der Waals surface area contributed by atoms with Crippen LogP contribution in [0.25, 0.3) is 0 Å². The van der Waals surface area contributed by atoms with Crippen molar-refractivity contribution in [3.63, 3.8) is 0 Å². The van der Waals surface area contributed by atoms with Crippen molar-refractivity contribution in [2.24, 2.45) is 0 Å². The maximum absolute atomic E-state index is 12.8. The van der Waals surface area contributed by atoms with E-state index in [2.05, 4.69) is 14.2 Å². The summed E-state index contributed by atoms with van der Waals surface area (Å²) in [4.78, 5) is 33.6. The van der Waals surface area contributed by atoms with Crippen molar-refractivity contribution in [3.8, 4) is 0 Å². The van der Waals surface area contributed by atoms with Gasteiger partial charge in [-0.1, -0.05) is 6.07 Å². The Bertz CT molecular complexity index is 1060. The van der Waals surface area contributed by atoms with Gasteiger partial charge in [0.25, 0.3) is 15.7 Å². The van der Waals surface area contributed by atoms with Gasteiger partial charge >= 0.3 is 11.9 Å². The number of benzene rings is 2. The predicted molar refractivity (Wildman–Crippen MR) is 97.8 cm³/mol. The van der Waals surface area contributed by atoms with Gasteiger partial charge in [0.1, 0.15) is 0 Å². The van der Waals surface area contributed by atoms with Gasteiger partial charge < -0.3 is 9.47 Å². The van der Waals surface area contributed by atoms with Crippen molar-refractivity contribution >= 4 is 33.3 Å². The fraction of sp³-hybridized carbons (Fsp3) is 0.176. The number of methoxy groups -OCH3 is 2.